The summed E-state index contributed by atoms with van der Waals surface area (Å²) in [6, 6.07) is 15.1. The van der Waals surface area contributed by atoms with Gasteiger partial charge in [0.2, 0.25) is 0 Å². The average molecular weight is 267 g/mol. The summed E-state index contributed by atoms with van der Waals surface area (Å²) in [5, 5.41) is 0. The molecule has 0 radical (unpaired) electrons. The van der Waals surface area contributed by atoms with Crippen LogP contribution in [0.1, 0.15) is 51.4 Å². The molecule has 0 aliphatic heterocycles. The molecule has 20 heavy (non-hydrogen) atoms. The fraction of sp³-hybridized carbons (Fsp3) is 0.421. The topological polar surface area (TPSA) is 12.9 Å². The molecule has 0 spiro atoms. The van der Waals surface area contributed by atoms with E-state index in [1.807, 2.05) is 12.3 Å². The van der Waals surface area contributed by atoms with Crippen molar-refractivity contribution in [2.75, 3.05) is 0 Å². The molecule has 0 saturated heterocycles. The van der Waals surface area contributed by atoms with Gasteiger partial charge in [-0.3, -0.25) is 4.98 Å². The van der Waals surface area contributed by atoms with E-state index in [9.17, 15) is 0 Å². The Kier molecular flexibility index (Phi) is 3.99. The lowest BCUT2D eigenvalue weighted by Crippen LogP contribution is -2.22. The van der Waals surface area contributed by atoms with Crippen molar-refractivity contribution < 1.29 is 0 Å². The smallest absolute Gasteiger partial charge is 0.0463 e. The zero-order valence-corrected chi connectivity index (χ0v) is 13.3. The first-order valence-corrected chi connectivity index (χ1v) is 7.30. The highest BCUT2D eigenvalue weighted by atomic mass is 14.7. The van der Waals surface area contributed by atoms with Crippen LogP contribution in [0.2, 0.25) is 0 Å². The van der Waals surface area contributed by atoms with Crippen molar-refractivity contribution >= 4 is 0 Å². The maximum absolute atomic E-state index is 4.52. The van der Waals surface area contributed by atoms with Crippen molar-refractivity contribution in [1.29, 1.82) is 0 Å². The highest BCUT2D eigenvalue weighted by Gasteiger charge is 2.23. The number of hydrogen-bond donors (Lipinski definition) is 0. The fourth-order valence-electron chi connectivity index (χ4n) is 2.51. The van der Waals surface area contributed by atoms with Crippen LogP contribution in [-0.2, 0) is 17.3 Å². The van der Waals surface area contributed by atoms with Gasteiger partial charge in [0.15, 0.2) is 0 Å². The molecule has 0 saturated carbocycles. The monoisotopic (exact) mass is 267 g/mol. The largest absolute Gasteiger partial charge is 0.261 e. The zero-order chi connectivity index (χ0) is 14.8. The summed E-state index contributed by atoms with van der Waals surface area (Å²) in [5.74, 6) is 0. The van der Waals surface area contributed by atoms with E-state index in [4.69, 9.17) is 0 Å². The number of nitrogens with zero attached hydrogens (tertiary/aromatic N) is 1. The molecule has 1 aromatic heterocycles. The van der Waals surface area contributed by atoms with Crippen LogP contribution in [0.15, 0.2) is 48.7 Å². The van der Waals surface area contributed by atoms with Gasteiger partial charge in [-0.2, -0.15) is 0 Å². The molecule has 1 nitrogen and oxygen atoms in total. The maximum Gasteiger partial charge on any atom is 0.0463 e. The standard InChI is InChI=1S/C19H25N/c1-18(2,3)16-10-8-9-15(13-16)14-19(4,5)17-11-6-7-12-20-17/h6-13H,14H2,1-5H3. The van der Waals surface area contributed by atoms with Crippen molar-refractivity contribution in [1.82, 2.24) is 4.98 Å². The molecule has 0 fully saturated rings. The van der Waals surface area contributed by atoms with Crippen molar-refractivity contribution in [3.63, 3.8) is 0 Å². The summed E-state index contributed by atoms with van der Waals surface area (Å²) in [6.07, 6.45) is 2.89. The Morgan fingerprint density at radius 1 is 0.900 bits per heavy atom. The quantitative estimate of drug-likeness (QED) is 0.771. The van der Waals surface area contributed by atoms with Gasteiger partial charge in [0.05, 0.1) is 0 Å². The van der Waals surface area contributed by atoms with Crippen LogP contribution < -0.4 is 0 Å². The molecule has 0 bridgehead atoms. The SMILES string of the molecule is CC(C)(C)c1cccc(CC(C)(C)c2ccccn2)c1. The minimum Gasteiger partial charge on any atom is -0.261 e. The lowest BCUT2D eigenvalue weighted by atomic mass is 9.80. The maximum atomic E-state index is 4.52. The van der Waals surface area contributed by atoms with Crippen LogP contribution in [0.25, 0.3) is 0 Å². The molecule has 0 aliphatic carbocycles. The van der Waals surface area contributed by atoms with E-state index in [1.165, 1.54) is 11.1 Å². The second-order valence-electron chi connectivity index (χ2n) is 7.23. The highest BCUT2D eigenvalue weighted by molar-refractivity contribution is 5.31. The molecule has 0 atom stereocenters. The molecular formula is C19H25N. The fourth-order valence-corrected chi connectivity index (χ4v) is 2.51. The molecule has 0 amide bonds. The second kappa shape index (κ2) is 5.40. The Bertz CT molecular complexity index is 562. The highest BCUT2D eigenvalue weighted by Crippen LogP contribution is 2.28. The normalized spacial score (nSPS) is 12.4. The number of rotatable bonds is 3. The first-order chi connectivity index (χ1) is 9.29. The molecule has 1 heterocycles. The van der Waals surface area contributed by atoms with E-state index in [-0.39, 0.29) is 10.8 Å². The van der Waals surface area contributed by atoms with Crippen molar-refractivity contribution in [2.45, 2.75) is 51.9 Å². The van der Waals surface area contributed by atoms with Crippen molar-refractivity contribution in [2.24, 2.45) is 0 Å². The lowest BCUT2D eigenvalue weighted by molar-refractivity contribution is 0.504. The van der Waals surface area contributed by atoms with Crippen LogP contribution in [0.5, 0.6) is 0 Å². The van der Waals surface area contributed by atoms with Gasteiger partial charge in [0.25, 0.3) is 0 Å². The summed E-state index contributed by atoms with van der Waals surface area (Å²) in [4.78, 5) is 4.52. The molecule has 0 unspecified atom stereocenters. The lowest BCUT2D eigenvalue weighted by Gasteiger charge is -2.26. The first kappa shape index (κ1) is 14.8. The first-order valence-electron chi connectivity index (χ1n) is 7.30. The van der Waals surface area contributed by atoms with Gasteiger partial charge < -0.3 is 0 Å². The van der Waals surface area contributed by atoms with Gasteiger partial charge in [-0.05, 0) is 35.1 Å². The Labute approximate surface area is 123 Å². The number of benzene rings is 1. The summed E-state index contributed by atoms with van der Waals surface area (Å²) in [7, 11) is 0. The Morgan fingerprint density at radius 3 is 2.25 bits per heavy atom. The third-order valence-electron chi connectivity index (χ3n) is 3.80. The minimum atomic E-state index is 0.0533. The molecule has 1 aromatic carbocycles. The van der Waals surface area contributed by atoms with Crippen LogP contribution in [0.3, 0.4) is 0 Å². The van der Waals surface area contributed by atoms with Gasteiger partial charge in [-0.15, -0.1) is 0 Å². The van der Waals surface area contributed by atoms with Crippen LogP contribution in [0.4, 0.5) is 0 Å². The third-order valence-corrected chi connectivity index (χ3v) is 3.80. The van der Waals surface area contributed by atoms with Gasteiger partial charge in [0, 0.05) is 17.3 Å². The van der Waals surface area contributed by atoms with E-state index in [2.05, 4.69) is 76.0 Å². The van der Waals surface area contributed by atoms with E-state index in [0.29, 0.717) is 0 Å². The molecular weight excluding hydrogens is 242 g/mol. The van der Waals surface area contributed by atoms with E-state index in [1.54, 1.807) is 0 Å². The molecule has 0 aliphatic rings. The molecule has 2 rings (SSSR count). The average Bonchev–Trinajstić information content (AvgIpc) is 2.38. The second-order valence-corrected chi connectivity index (χ2v) is 7.23. The van der Waals surface area contributed by atoms with E-state index in [0.717, 1.165) is 12.1 Å². The predicted molar refractivity (Wildman–Crippen MR) is 86.1 cm³/mol. The molecule has 106 valence electrons. The van der Waals surface area contributed by atoms with Gasteiger partial charge in [0.1, 0.15) is 0 Å². The third kappa shape index (κ3) is 3.47. The molecule has 0 N–H and O–H groups in total. The predicted octanol–water partition coefficient (Wildman–Crippen LogP) is 4.90. The Balaban J connectivity index is 2.26. The van der Waals surface area contributed by atoms with E-state index >= 15 is 0 Å². The van der Waals surface area contributed by atoms with Gasteiger partial charge in [-0.1, -0.05) is 65.0 Å². The van der Waals surface area contributed by atoms with Crippen LogP contribution in [0, 0.1) is 0 Å². The number of pyridine rings is 1. The molecule has 2 aromatic rings. The van der Waals surface area contributed by atoms with Crippen LogP contribution in [-0.4, -0.2) is 4.98 Å². The summed E-state index contributed by atoms with van der Waals surface area (Å²) >= 11 is 0. The van der Waals surface area contributed by atoms with Crippen molar-refractivity contribution in [3.05, 3.63) is 65.5 Å². The summed E-state index contributed by atoms with van der Waals surface area (Å²) in [6.45, 7) is 11.3. The Hall–Kier alpha value is -1.63. The summed E-state index contributed by atoms with van der Waals surface area (Å²) in [5.41, 5.74) is 4.18. The Morgan fingerprint density at radius 2 is 1.65 bits per heavy atom. The summed E-state index contributed by atoms with van der Waals surface area (Å²) < 4.78 is 0. The van der Waals surface area contributed by atoms with E-state index < -0.39 is 0 Å². The van der Waals surface area contributed by atoms with Gasteiger partial charge in [-0.25, -0.2) is 0 Å². The van der Waals surface area contributed by atoms with Gasteiger partial charge >= 0.3 is 0 Å². The number of hydrogen-bond acceptors (Lipinski definition) is 1. The minimum absolute atomic E-state index is 0.0533. The number of aromatic nitrogens is 1. The molecule has 1 heteroatoms. The van der Waals surface area contributed by atoms with Crippen LogP contribution >= 0.6 is 0 Å². The van der Waals surface area contributed by atoms with Crippen molar-refractivity contribution in [3.8, 4) is 0 Å². The zero-order valence-electron chi connectivity index (χ0n) is 13.3.